The van der Waals surface area contributed by atoms with E-state index < -0.39 is 40.6 Å². The number of aliphatic hydroxyl groups is 1. The third-order valence-corrected chi connectivity index (χ3v) is 43.3. The number of anilines is 3. The van der Waals surface area contributed by atoms with Gasteiger partial charge in [-0.2, -0.15) is 6.67 Å². The maximum atomic E-state index is 5.83. The normalized spacial score (nSPS) is 19.1. The summed E-state index contributed by atoms with van der Waals surface area (Å²) < 4.78 is 10.2. The summed E-state index contributed by atoms with van der Waals surface area (Å²) in [6.07, 6.45) is 58.1. The van der Waals surface area contributed by atoms with Gasteiger partial charge in [0.15, 0.2) is 0 Å². The number of aromatic hydroxyl groups is 1. The Morgan fingerprint density at radius 2 is 0.760 bits per heavy atom. The quantitative estimate of drug-likeness (QED) is 0.0317. The van der Waals surface area contributed by atoms with Crippen LogP contribution in [0.5, 0.6) is 5.75 Å². The molecule has 1 N–H and O–H groups in total. The average Bonchev–Trinajstić information content (AvgIpc) is 1.50. The van der Waals surface area contributed by atoms with Gasteiger partial charge in [0.05, 0.1) is 34.0 Å². The van der Waals surface area contributed by atoms with Gasteiger partial charge >= 0.3 is 234 Å². The van der Waals surface area contributed by atoms with Gasteiger partial charge in [0.2, 0.25) is 0 Å². The number of rotatable bonds is 16. The molecule has 9 aliphatic rings. The maximum Gasteiger partial charge on any atom is 0.0172 e. The Kier molecular flexibility index (Phi) is 46.3. The zero-order valence-electron chi connectivity index (χ0n) is 80.5. The van der Waals surface area contributed by atoms with Crippen LogP contribution in [0.4, 0.5) is 17.1 Å². The van der Waals surface area contributed by atoms with Crippen LogP contribution in [0.25, 0.3) is 43.1 Å². The van der Waals surface area contributed by atoms with Gasteiger partial charge in [-0.05, 0) is 235 Å². The first-order valence-electron chi connectivity index (χ1n) is 49.2. The molecular formula is C114H160Cl6N3OP2Ru3+3. The van der Waals surface area contributed by atoms with Gasteiger partial charge < -0.3 is 14.7 Å². The van der Waals surface area contributed by atoms with Crippen LogP contribution in [0.15, 0.2) is 194 Å². The van der Waals surface area contributed by atoms with Crippen molar-refractivity contribution in [1.29, 1.82) is 0 Å². The molecule has 7 saturated carbocycles. The molecule has 0 aromatic heterocycles. The van der Waals surface area contributed by atoms with E-state index in [0.29, 0.717) is 17.3 Å². The van der Waals surface area contributed by atoms with E-state index in [1.165, 1.54) is 149 Å². The molecule has 2 heterocycles. The van der Waals surface area contributed by atoms with Crippen molar-refractivity contribution in [2.75, 3.05) is 27.8 Å². The van der Waals surface area contributed by atoms with E-state index in [-0.39, 0.29) is 42.3 Å². The minimum Gasteiger partial charge on any atom is -0.502 e. The number of para-hydroxylation sites is 2. The second-order valence-electron chi connectivity index (χ2n) is 39.7. The van der Waals surface area contributed by atoms with E-state index >= 15 is 0 Å². The molecule has 18 rings (SSSR count). The van der Waals surface area contributed by atoms with Crippen LogP contribution >= 0.6 is 74.0 Å². The molecule has 7 aliphatic carbocycles. The summed E-state index contributed by atoms with van der Waals surface area (Å²) >= 11 is -4.88. The van der Waals surface area contributed by atoms with Gasteiger partial charge in [0.25, 0.3) is 0 Å². The van der Waals surface area contributed by atoms with E-state index in [1.807, 2.05) is 102 Å². The molecule has 4 nitrogen and oxygen atoms in total. The van der Waals surface area contributed by atoms with Gasteiger partial charge in [0.1, 0.15) is 0 Å². The molecule has 1 spiro atoms. The van der Waals surface area contributed by atoms with E-state index in [4.69, 9.17) is 58.1 Å². The van der Waals surface area contributed by atoms with Gasteiger partial charge in [-0.1, -0.05) is 220 Å². The summed E-state index contributed by atoms with van der Waals surface area (Å²) in [6, 6.07) is 64.4. The first-order chi connectivity index (χ1) is 61.5. The van der Waals surface area contributed by atoms with Crippen molar-refractivity contribution >= 4 is 148 Å². The second-order valence-corrected chi connectivity index (χ2v) is 63.9. The average molecular weight is 2170 g/mol. The summed E-state index contributed by atoms with van der Waals surface area (Å²) in [6.45, 7) is 29.3. The Morgan fingerprint density at radius 1 is 0.403 bits per heavy atom. The first kappa shape index (κ1) is 108. The van der Waals surface area contributed by atoms with Crippen molar-refractivity contribution in [2.24, 2.45) is 5.41 Å². The van der Waals surface area contributed by atoms with Crippen LogP contribution in [0, 0.1) is 33.5 Å². The molecule has 0 amide bonds. The number of hydrogen-bond acceptors (Lipinski definition) is 3. The summed E-state index contributed by atoms with van der Waals surface area (Å²) in [7, 11) is 34.0. The number of halogens is 6. The van der Waals surface area contributed by atoms with Crippen molar-refractivity contribution < 1.29 is 45.3 Å². The van der Waals surface area contributed by atoms with Crippen LogP contribution < -0.4 is 14.7 Å². The predicted octanol–water partition coefficient (Wildman–Crippen LogP) is 36.9. The molecule has 9 aromatic carbocycles. The molecule has 0 atom stereocenters. The molecule has 129 heavy (non-hydrogen) atoms. The zero-order chi connectivity index (χ0) is 89.7. The minimum absolute atomic E-state index is 0. The van der Waals surface area contributed by atoms with Crippen molar-refractivity contribution in [1.82, 2.24) is 0 Å². The Hall–Kier alpha value is -3.22. The predicted molar refractivity (Wildman–Crippen MR) is 579 cm³/mol. The van der Waals surface area contributed by atoms with Crippen LogP contribution in [-0.4, -0.2) is 77.3 Å². The molecule has 0 unspecified atom stereocenters. The number of fused-ring (bicyclic) bond motifs is 6. The zero-order valence-corrected chi connectivity index (χ0v) is 92.2. The number of allylic oxidation sites excluding steroid dienone is 2. The monoisotopic (exact) mass is 2160 g/mol. The fourth-order valence-electron chi connectivity index (χ4n) is 23.0. The summed E-state index contributed by atoms with van der Waals surface area (Å²) in [5.41, 5.74) is 18.5. The van der Waals surface area contributed by atoms with Gasteiger partial charge in [0, 0.05) is 77.2 Å². The maximum absolute atomic E-state index is 5.83. The van der Waals surface area contributed by atoms with Crippen LogP contribution in [0.2, 0.25) is 0 Å². The molecule has 9 fully saturated rings. The molecule has 2 aliphatic heterocycles. The summed E-state index contributed by atoms with van der Waals surface area (Å²) in [5.74, 6) is 2.10. The van der Waals surface area contributed by atoms with Crippen LogP contribution in [0.3, 0.4) is 0 Å². The minimum atomic E-state index is -1.75. The summed E-state index contributed by atoms with van der Waals surface area (Å²) in [5, 5.41) is 10.4. The Morgan fingerprint density at radius 3 is 1.13 bits per heavy atom. The van der Waals surface area contributed by atoms with Crippen LogP contribution in [-0.2, 0) is 40.6 Å². The molecule has 2 saturated heterocycles. The van der Waals surface area contributed by atoms with Crippen LogP contribution in [0.1, 0.15) is 334 Å². The largest absolute Gasteiger partial charge is 0.502 e. The van der Waals surface area contributed by atoms with E-state index in [0.717, 1.165) is 30.0 Å². The molecule has 0 radical (unpaired) electrons. The molecule has 710 valence electrons. The number of benzene rings is 9. The second kappa shape index (κ2) is 55.4. The number of ether oxygens (including phenoxy) is 1. The third-order valence-electron chi connectivity index (χ3n) is 28.7. The van der Waals surface area contributed by atoms with E-state index in [9.17, 15) is 0 Å². The standard InChI is InChI=1S/C31H23N2.C23H36N.2C18H33P.C10H12O.C7H6.C5H8.2CH3.6ClH.3Ru/c1-3-11-26-22(7-1)15-17-24-9-5-13-28(30(24)26)32-19-20-33(21-32)29-14-6-10-25-18-16-23-8-2-4-12-27(23)31(25)29;1-17(2)19-11-10-12-20(18(3)4)21(19)24-16-23(15-22(24,5)6)13-8-7-9-14-23;2*1-4-10-16(11-5-1)19(17-12-6-2-7-13-17)18-14-8-3-9-15-18;1-8(2)11-10-7-5-4-6-9(10)3;1-7-5-3-2-4-6-7;1-4-5(2)3;;;;;;;;;;;/h1-18,21H,19-20H2;10-12,16-18H,7-9,13-15H2,1-6H3;2*16-18H,1-15H2;3-8H,1-2H3;1-6H;1,4H,2-3H3;2*1H3;6*1H;;;/q2*-1;;;;;;2*+1;;;;;;;3*+2/p-3. The third kappa shape index (κ3) is 31.9. The van der Waals surface area contributed by atoms with Gasteiger partial charge in [-0.3, -0.25) is 0 Å². The number of nitrogens with zero attached hydrogens (tertiary/aromatic N) is 3. The van der Waals surface area contributed by atoms with Gasteiger partial charge in [-0.15, -0.1) is 5.41 Å². The number of hydrogen-bond donors (Lipinski definition) is 0. The summed E-state index contributed by atoms with van der Waals surface area (Å²) in [4.78, 5) is 7.51. The Bertz CT molecular complexity index is 4650. The van der Waals surface area contributed by atoms with Gasteiger partial charge in [-0.25, -0.2) is 6.54 Å². The van der Waals surface area contributed by atoms with Crippen molar-refractivity contribution in [3.05, 3.63) is 244 Å². The molecule has 15 heteroatoms. The molecular weight excluding hydrogens is 2010 g/mol. The van der Waals surface area contributed by atoms with Crippen molar-refractivity contribution in [3.63, 3.8) is 0 Å². The topological polar surface area (TPSA) is 22.5 Å². The first-order valence-corrected chi connectivity index (χ1v) is 69.1. The van der Waals surface area contributed by atoms with E-state index in [1.54, 1.807) is 193 Å². The van der Waals surface area contributed by atoms with Crippen molar-refractivity contribution in [2.45, 2.75) is 358 Å². The SMILES string of the molecule is C1CCC([PH+](C2CCCCC2)C2CCCCC2)CC1.C1CCC([PH+](C2CCCCC2)C2CCCCC2)CC1.CC(C)=C[CH]=[Ru]([Cl])[Cl].CC(C)[OH+]c1ccccc1[CH]=[Ru]([Cl])[Cl].CC(C)c1cccc(C(C)C)c1N1[CH-]C2(CCCCC2)CC1(C)C.[CH3+].[CH3+].[Cl][Ru]([Cl])=[CH]c1ccccc1.c1ccc2c(c1)ccc1cccc(N3[CH-]N(c4cccc5ccc6ccccc6c45)CC3)c12. The fraction of sp³-hybridized carbons (Fsp3) is 0.518. The van der Waals surface area contributed by atoms with Crippen molar-refractivity contribution in [3.8, 4) is 5.75 Å². The molecule has 0 bridgehead atoms. The van der Waals surface area contributed by atoms with E-state index in [2.05, 4.69) is 202 Å². The fourth-order valence-corrected chi connectivity index (χ4v) is 38.4. The smallest absolute Gasteiger partial charge is 0.0172 e. The Labute approximate surface area is 825 Å². The Balaban J connectivity index is 0.000000163. The molecule has 9 aromatic rings.